The molecule has 8 heteroatoms. The van der Waals surface area contributed by atoms with Crippen LogP contribution in [0.4, 0.5) is 18.9 Å². The van der Waals surface area contributed by atoms with Crippen LogP contribution in [0.1, 0.15) is 21.6 Å². The van der Waals surface area contributed by atoms with E-state index in [4.69, 9.17) is 16.3 Å². The summed E-state index contributed by atoms with van der Waals surface area (Å²) in [6.07, 6.45) is -3.85. The van der Waals surface area contributed by atoms with Crippen LogP contribution < -0.4 is 9.64 Å². The Balaban J connectivity index is 2.01. The number of ether oxygens (including phenoxy) is 1. The normalized spacial score (nSPS) is 11.2. The van der Waals surface area contributed by atoms with Crippen LogP contribution in [-0.2, 0) is 12.7 Å². The van der Waals surface area contributed by atoms with Gasteiger partial charge in [-0.3, -0.25) is 9.78 Å². The molecular formula is C21H16ClF3N2O2. The summed E-state index contributed by atoms with van der Waals surface area (Å²) < 4.78 is 43.9. The van der Waals surface area contributed by atoms with Crippen molar-refractivity contribution in [3.8, 4) is 5.75 Å². The number of halogens is 4. The van der Waals surface area contributed by atoms with E-state index in [9.17, 15) is 18.0 Å². The number of pyridine rings is 1. The maximum atomic E-state index is 13.1. The van der Waals surface area contributed by atoms with Gasteiger partial charge in [0.2, 0.25) is 0 Å². The zero-order valence-corrected chi connectivity index (χ0v) is 16.0. The van der Waals surface area contributed by atoms with Crippen LogP contribution in [0.5, 0.6) is 5.75 Å². The van der Waals surface area contributed by atoms with Crippen LogP contribution >= 0.6 is 11.6 Å². The largest absolute Gasteiger partial charge is 0.497 e. The average Bonchev–Trinajstić information content (AvgIpc) is 2.72. The second-order valence-corrected chi connectivity index (χ2v) is 6.52. The zero-order valence-electron chi connectivity index (χ0n) is 15.3. The third-order valence-electron chi connectivity index (χ3n) is 4.18. The summed E-state index contributed by atoms with van der Waals surface area (Å²) in [6.45, 7) is -0.113. The van der Waals surface area contributed by atoms with Gasteiger partial charge in [-0.1, -0.05) is 35.9 Å². The Morgan fingerprint density at radius 1 is 1.10 bits per heavy atom. The summed E-state index contributed by atoms with van der Waals surface area (Å²) in [4.78, 5) is 18.4. The molecule has 0 aliphatic carbocycles. The smallest absolute Gasteiger partial charge is 0.417 e. The first-order valence-electron chi connectivity index (χ1n) is 8.52. The molecule has 2 aromatic carbocycles. The molecule has 1 amide bonds. The highest BCUT2D eigenvalue weighted by Gasteiger charge is 2.32. The molecule has 0 saturated carbocycles. The van der Waals surface area contributed by atoms with E-state index in [1.54, 1.807) is 54.6 Å². The molecule has 4 nitrogen and oxygen atoms in total. The molecule has 3 aromatic rings. The molecule has 0 aliphatic rings. The van der Waals surface area contributed by atoms with E-state index in [-0.39, 0.29) is 23.2 Å². The maximum absolute atomic E-state index is 13.1. The number of hydrogen-bond donors (Lipinski definition) is 0. The second-order valence-electron chi connectivity index (χ2n) is 6.11. The summed E-state index contributed by atoms with van der Waals surface area (Å²) in [5.74, 6) is 0.177. The first kappa shape index (κ1) is 20.7. The van der Waals surface area contributed by atoms with Gasteiger partial charge >= 0.3 is 6.18 Å². The lowest BCUT2D eigenvalue weighted by Crippen LogP contribution is -2.31. The summed E-state index contributed by atoms with van der Waals surface area (Å²) in [5, 5.41) is -0.173. The quantitative estimate of drug-likeness (QED) is 0.539. The SMILES string of the molecule is COc1cccc(N(Cc2ncc(C(F)(F)F)cc2Cl)C(=O)c2ccccc2)c1. The highest BCUT2D eigenvalue weighted by molar-refractivity contribution is 6.31. The Kier molecular flexibility index (Phi) is 6.08. The molecule has 150 valence electrons. The molecule has 0 unspecified atom stereocenters. The number of carbonyl (C=O) groups excluding carboxylic acids is 1. The standard InChI is InChI=1S/C21H16ClF3N2O2/c1-29-17-9-5-8-16(11-17)27(20(28)14-6-3-2-4-7-14)13-19-18(22)10-15(12-26-19)21(23,24)25/h2-12H,13H2,1H3. The first-order valence-corrected chi connectivity index (χ1v) is 8.90. The van der Waals surface area contributed by atoms with E-state index in [1.807, 2.05) is 0 Å². The average molecular weight is 421 g/mol. The molecule has 0 aliphatic heterocycles. The molecule has 29 heavy (non-hydrogen) atoms. The molecule has 3 rings (SSSR count). The molecule has 0 fully saturated rings. The number of methoxy groups -OCH3 is 1. The number of hydrogen-bond acceptors (Lipinski definition) is 3. The van der Waals surface area contributed by atoms with Crippen molar-refractivity contribution in [1.29, 1.82) is 0 Å². The van der Waals surface area contributed by atoms with E-state index >= 15 is 0 Å². The number of aromatic nitrogens is 1. The van der Waals surface area contributed by atoms with Gasteiger partial charge in [0.1, 0.15) is 5.75 Å². The Labute approximate surface area is 170 Å². The van der Waals surface area contributed by atoms with Crippen LogP contribution in [0.25, 0.3) is 0 Å². The zero-order chi connectivity index (χ0) is 21.0. The summed E-state index contributed by atoms with van der Waals surface area (Å²) >= 11 is 6.05. The molecule has 0 N–H and O–H groups in total. The third kappa shape index (κ3) is 4.86. The lowest BCUT2D eigenvalue weighted by atomic mass is 10.1. The number of anilines is 1. The van der Waals surface area contributed by atoms with E-state index < -0.39 is 11.7 Å². The summed E-state index contributed by atoms with van der Waals surface area (Å²) in [6, 6.07) is 16.1. The summed E-state index contributed by atoms with van der Waals surface area (Å²) in [5.41, 5.74) is 0.106. The number of carbonyl (C=O) groups is 1. The highest BCUT2D eigenvalue weighted by atomic mass is 35.5. The van der Waals surface area contributed by atoms with Gasteiger partial charge in [-0.2, -0.15) is 13.2 Å². The Morgan fingerprint density at radius 3 is 2.45 bits per heavy atom. The lowest BCUT2D eigenvalue weighted by molar-refractivity contribution is -0.137. The predicted octanol–water partition coefficient (Wildman–Crippen LogP) is 5.61. The molecular weight excluding hydrogens is 405 g/mol. The van der Waals surface area contributed by atoms with Gasteiger partial charge in [-0.15, -0.1) is 0 Å². The van der Waals surface area contributed by atoms with E-state index in [1.165, 1.54) is 12.0 Å². The van der Waals surface area contributed by atoms with Gasteiger partial charge in [0.15, 0.2) is 0 Å². The van der Waals surface area contributed by atoms with Crippen molar-refractivity contribution in [3.05, 3.63) is 88.7 Å². The van der Waals surface area contributed by atoms with Crippen LogP contribution in [0.2, 0.25) is 5.02 Å². The van der Waals surface area contributed by atoms with Crippen molar-refractivity contribution in [1.82, 2.24) is 4.98 Å². The molecule has 0 saturated heterocycles. The van der Waals surface area contributed by atoms with E-state index in [2.05, 4.69) is 4.98 Å². The van der Waals surface area contributed by atoms with Gasteiger partial charge in [-0.05, 0) is 30.3 Å². The Morgan fingerprint density at radius 2 is 1.83 bits per heavy atom. The van der Waals surface area contributed by atoms with Crippen LogP contribution in [0.3, 0.4) is 0 Å². The molecule has 0 bridgehead atoms. The fraction of sp³-hybridized carbons (Fsp3) is 0.143. The lowest BCUT2D eigenvalue weighted by Gasteiger charge is -2.24. The molecule has 1 heterocycles. The van der Waals surface area contributed by atoms with Crippen molar-refractivity contribution in [2.24, 2.45) is 0 Å². The molecule has 1 aromatic heterocycles. The van der Waals surface area contributed by atoms with Crippen molar-refractivity contribution >= 4 is 23.2 Å². The van der Waals surface area contributed by atoms with Crippen LogP contribution in [0, 0.1) is 0 Å². The van der Waals surface area contributed by atoms with Crippen molar-refractivity contribution < 1.29 is 22.7 Å². The van der Waals surface area contributed by atoms with Crippen LogP contribution in [-0.4, -0.2) is 18.0 Å². The minimum atomic E-state index is -4.55. The van der Waals surface area contributed by atoms with Crippen LogP contribution in [0.15, 0.2) is 66.9 Å². The minimum Gasteiger partial charge on any atom is -0.497 e. The highest BCUT2D eigenvalue weighted by Crippen LogP contribution is 2.32. The fourth-order valence-electron chi connectivity index (χ4n) is 2.68. The Bertz CT molecular complexity index is 1010. The minimum absolute atomic E-state index is 0.113. The third-order valence-corrected chi connectivity index (χ3v) is 4.51. The maximum Gasteiger partial charge on any atom is 0.417 e. The topological polar surface area (TPSA) is 42.4 Å². The van der Waals surface area contributed by atoms with E-state index in [0.717, 1.165) is 6.07 Å². The van der Waals surface area contributed by atoms with Crippen molar-refractivity contribution in [2.75, 3.05) is 12.0 Å². The number of nitrogens with zero attached hydrogens (tertiary/aromatic N) is 2. The predicted molar refractivity (Wildman–Crippen MR) is 104 cm³/mol. The van der Waals surface area contributed by atoms with Gasteiger partial charge < -0.3 is 9.64 Å². The van der Waals surface area contributed by atoms with Crippen molar-refractivity contribution in [2.45, 2.75) is 12.7 Å². The van der Waals surface area contributed by atoms with E-state index in [0.29, 0.717) is 23.2 Å². The molecule has 0 spiro atoms. The van der Waals surface area contributed by atoms with Gasteiger partial charge in [0.05, 0.1) is 29.9 Å². The number of alkyl halides is 3. The van der Waals surface area contributed by atoms with Gasteiger partial charge in [0, 0.05) is 23.5 Å². The first-order chi connectivity index (χ1) is 13.8. The fourth-order valence-corrected chi connectivity index (χ4v) is 2.91. The van der Waals surface area contributed by atoms with Gasteiger partial charge in [-0.25, -0.2) is 0 Å². The number of benzene rings is 2. The number of amides is 1. The second kappa shape index (κ2) is 8.53. The summed E-state index contributed by atoms with van der Waals surface area (Å²) in [7, 11) is 1.50. The Hall–Kier alpha value is -3.06. The van der Waals surface area contributed by atoms with Gasteiger partial charge in [0.25, 0.3) is 5.91 Å². The number of rotatable bonds is 5. The molecule has 0 radical (unpaired) electrons. The van der Waals surface area contributed by atoms with Crippen molar-refractivity contribution in [3.63, 3.8) is 0 Å². The molecule has 0 atom stereocenters. The monoisotopic (exact) mass is 420 g/mol.